The van der Waals surface area contributed by atoms with Gasteiger partial charge in [0.05, 0.1) is 14.2 Å². The molecule has 2 aromatic rings. The molecule has 3 rings (SSSR count). The van der Waals surface area contributed by atoms with Gasteiger partial charge in [-0.1, -0.05) is 12.1 Å². The number of hydrogen-bond donors (Lipinski definition) is 0. The van der Waals surface area contributed by atoms with E-state index in [-0.39, 0.29) is 0 Å². The Morgan fingerprint density at radius 3 is 2.39 bits per heavy atom. The Bertz CT molecular complexity index is 651. The van der Waals surface area contributed by atoms with Crippen molar-refractivity contribution in [3.05, 3.63) is 48.0 Å². The maximum absolute atomic E-state index is 5.95. The van der Waals surface area contributed by atoms with Crippen molar-refractivity contribution < 1.29 is 14.2 Å². The molecule has 0 unspecified atom stereocenters. The van der Waals surface area contributed by atoms with Crippen molar-refractivity contribution in [3.8, 4) is 23.0 Å². The first kappa shape index (κ1) is 15.7. The quantitative estimate of drug-likeness (QED) is 0.803. The van der Waals surface area contributed by atoms with Crippen LogP contribution in [-0.2, 0) is 6.54 Å². The molecule has 0 amide bonds. The standard InChI is InChI=1S/C19H23NO3/c1-21-16-6-5-7-17(13-16)23-18-9-8-15(12-19(18)22-2)14-20-10-3-4-11-20/h5-9,12-13H,3-4,10-11,14H2,1-2H3. The zero-order valence-corrected chi connectivity index (χ0v) is 13.7. The van der Waals surface area contributed by atoms with Crippen molar-refractivity contribution in [1.82, 2.24) is 4.90 Å². The molecule has 0 aromatic heterocycles. The number of rotatable bonds is 6. The number of ether oxygens (including phenoxy) is 3. The van der Waals surface area contributed by atoms with E-state index in [0.29, 0.717) is 5.75 Å². The van der Waals surface area contributed by atoms with E-state index in [0.717, 1.165) is 23.8 Å². The summed E-state index contributed by atoms with van der Waals surface area (Å²) >= 11 is 0. The molecule has 1 fully saturated rings. The van der Waals surface area contributed by atoms with E-state index in [9.17, 15) is 0 Å². The molecule has 0 saturated carbocycles. The molecular weight excluding hydrogens is 290 g/mol. The van der Waals surface area contributed by atoms with Crippen LogP contribution in [0.15, 0.2) is 42.5 Å². The van der Waals surface area contributed by atoms with Gasteiger partial charge in [-0.05, 0) is 55.8 Å². The van der Waals surface area contributed by atoms with Crippen molar-refractivity contribution in [2.24, 2.45) is 0 Å². The first-order chi connectivity index (χ1) is 11.3. The third-order valence-electron chi connectivity index (χ3n) is 4.10. The summed E-state index contributed by atoms with van der Waals surface area (Å²) in [4.78, 5) is 2.47. The molecule has 1 saturated heterocycles. The van der Waals surface area contributed by atoms with Crippen LogP contribution in [0.1, 0.15) is 18.4 Å². The Hall–Kier alpha value is -2.20. The van der Waals surface area contributed by atoms with E-state index in [1.807, 2.05) is 30.3 Å². The molecule has 1 heterocycles. The van der Waals surface area contributed by atoms with Gasteiger partial charge in [-0.2, -0.15) is 0 Å². The van der Waals surface area contributed by atoms with Crippen molar-refractivity contribution in [3.63, 3.8) is 0 Å². The van der Waals surface area contributed by atoms with Crippen molar-refractivity contribution in [1.29, 1.82) is 0 Å². The van der Waals surface area contributed by atoms with E-state index in [4.69, 9.17) is 14.2 Å². The first-order valence-electron chi connectivity index (χ1n) is 7.99. The van der Waals surface area contributed by atoms with Crippen LogP contribution >= 0.6 is 0 Å². The topological polar surface area (TPSA) is 30.9 Å². The summed E-state index contributed by atoms with van der Waals surface area (Å²) in [5.74, 6) is 2.97. The fourth-order valence-corrected chi connectivity index (χ4v) is 2.89. The number of likely N-dealkylation sites (tertiary alicyclic amines) is 1. The highest BCUT2D eigenvalue weighted by atomic mass is 16.5. The molecule has 2 aromatic carbocycles. The molecular formula is C19H23NO3. The normalized spacial score (nSPS) is 14.7. The van der Waals surface area contributed by atoms with E-state index in [2.05, 4.69) is 17.0 Å². The second kappa shape index (κ2) is 7.38. The fraction of sp³-hybridized carbons (Fsp3) is 0.368. The van der Waals surface area contributed by atoms with E-state index >= 15 is 0 Å². The average molecular weight is 313 g/mol. The van der Waals surface area contributed by atoms with Crippen LogP contribution in [0.2, 0.25) is 0 Å². The SMILES string of the molecule is COc1cccc(Oc2ccc(CN3CCCC3)cc2OC)c1. The summed E-state index contributed by atoms with van der Waals surface area (Å²) in [5, 5.41) is 0. The van der Waals surface area contributed by atoms with Gasteiger partial charge in [0.25, 0.3) is 0 Å². The van der Waals surface area contributed by atoms with E-state index in [1.54, 1.807) is 14.2 Å². The largest absolute Gasteiger partial charge is 0.497 e. The lowest BCUT2D eigenvalue weighted by atomic mass is 10.2. The molecule has 0 spiro atoms. The number of methoxy groups -OCH3 is 2. The summed E-state index contributed by atoms with van der Waals surface area (Å²) in [6.45, 7) is 3.34. The molecule has 1 aliphatic rings. The van der Waals surface area contributed by atoms with Crippen LogP contribution in [-0.4, -0.2) is 32.2 Å². The van der Waals surface area contributed by atoms with Crippen molar-refractivity contribution >= 4 is 0 Å². The number of benzene rings is 2. The van der Waals surface area contributed by atoms with Gasteiger partial charge in [0.15, 0.2) is 11.5 Å². The smallest absolute Gasteiger partial charge is 0.169 e. The lowest BCUT2D eigenvalue weighted by molar-refractivity contribution is 0.329. The van der Waals surface area contributed by atoms with Gasteiger partial charge >= 0.3 is 0 Å². The zero-order chi connectivity index (χ0) is 16.1. The molecule has 4 nitrogen and oxygen atoms in total. The Morgan fingerprint density at radius 2 is 1.65 bits per heavy atom. The van der Waals surface area contributed by atoms with Crippen LogP contribution in [0.5, 0.6) is 23.0 Å². The molecule has 0 aliphatic carbocycles. The van der Waals surface area contributed by atoms with Gasteiger partial charge in [-0.15, -0.1) is 0 Å². The maximum atomic E-state index is 5.95. The first-order valence-corrected chi connectivity index (χ1v) is 7.99. The second-order valence-corrected chi connectivity index (χ2v) is 5.75. The highest BCUT2D eigenvalue weighted by molar-refractivity contribution is 5.46. The molecule has 1 aliphatic heterocycles. The molecule has 23 heavy (non-hydrogen) atoms. The minimum absolute atomic E-state index is 0.714. The predicted molar refractivity (Wildman–Crippen MR) is 90.6 cm³/mol. The second-order valence-electron chi connectivity index (χ2n) is 5.75. The van der Waals surface area contributed by atoms with Crippen LogP contribution in [0, 0.1) is 0 Å². The Balaban J connectivity index is 1.75. The highest BCUT2D eigenvalue weighted by Crippen LogP contribution is 2.34. The maximum Gasteiger partial charge on any atom is 0.169 e. The van der Waals surface area contributed by atoms with Gasteiger partial charge in [0.2, 0.25) is 0 Å². The Labute approximate surface area is 137 Å². The van der Waals surface area contributed by atoms with Gasteiger partial charge in [-0.25, -0.2) is 0 Å². The van der Waals surface area contributed by atoms with Gasteiger partial charge in [0, 0.05) is 12.6 Å². The molecule has 0 N–H and O–H groups in total. The summed E-state index contributed by atoms with van der Waals surface area (Å²) in [6, 6.07) is 13.7. The minimum Gasteiger partial charge on any atom is -0.497 e. The predicted octanol–water partition coefficient (Wildman–Crippen LogP) is 4.09. The van der Waals surface area contributed by atoms with Gasteiger partial charge < -0.3 is 14.2 Å². The summed E-state index contributed by atoms with van der Waals surface area (Å²) < 4.78 is 16.7. The lowest BCUT2D eigenvalue weighted by Gasteiger charge is -2.16. The molecule has 122 valence electrons. The van der Waals surface area contributed by atoms with Crippen LogP contribution in [0.4, 0.5) is 0 Å². The molecule has 0 bridgehead atoms. The third kappa shape index (κ3) is 3.96. The summed E-state index contributed by atoms with van der Waals surface area (Å²) in [5.41, 5.74) is 1.25. The van der Waals surface area contributed by atoms with Gasteiger partial charge in [0.1, 0.15) is 11.5 Å². The summed E-state index contributed by atoms with van der Waals surface area (Å²) in [7, 11) is 3.32. The third-order valence-corrected chi connectivity index (χ3v) is 4.10. The Kier molecular flexibility index (Phi) is 5.03. The van der Waals surface area contributed by atoms with Crippen LogP contribution in [0.3, 0.4) is 0 Å². The average Bonchev–Trinajstić information content (AvgIpc) is 3.09. The van der Waals surface area contributed by atoms with Crippen molar-refractivity contribution in [2.45, 2.75) is 19.4 Å². The summed E-state index contributed by atoms with van der Waals surface area (Å²) in [6.07, 6.45) is 2.60. The molecule has 0 atom stereocenters. The van der Waals surface area contributed by atoms with E-state index in [1.165, 1.54) is 31.5 Å². The minimum atomic E-state index is 0.714. The Morgan fingerprint density at radius 1 is 0.870 bits per heavy atom. The lowest BCUT2D eigenvalue weighted by Crippen LogP contribution is -2.18. The number of nitrogens with zero attached hydrogens (tertiary/aromatic N) is 1. The fourth-order valence-electron chi connectivity index (χ4n) is 2.89. The zero-order valence-electron chi connectivity index (χ0n) is 13.7. The number of hydrogen-bond acceptors (Lipinski definition) is 4. The molecule has 0 radical (unpaired) electrons. The molecule has 4 heteroatoms. The van der Waals surface area contributed by atoms with Gasteiger partial charge in [-0.3, -0.25) is 4.90 Å². The van der Waals surface area contributed by atoms with Crippen LogP contribution < -0.4 is 14.2 Å². The van der Waals surface area contributed by atoms with E-state index < -0.39 is 0 Å². The monoisotopic (exact) mass is 313 g/mol. The van der Waals surface area contributed by atoms with Crippen LogP contribution in [0.25, 0.3) is 0 Å². The van der Waals surface area contributed by atoms with Crippen molar-refractivity contribution in [2.75, 3.05) is 27.3 Å². The highest BCUT2D eigenvalue weighted by Gasteiger charge is 2.14.